The number of oxazole rings is 1. The molecule has 0 spiro atoms. The molecule has 1 fully saturated rings. The maximum atomic E-state index is 5.52. The first-order valence-electron chi connectivity index (χ1n) is 7.38. The van der Waals surface area contributed by atoms with Gasteiger partial charge < -0.3 is 14.6 Å². The predicted molar refractivity (Wildman–Crippen MR) is 85.4 cm³/mol. The molecule has 1 aliphatic rings. The minimum atomic E-state index is 0.549. The number of nitrogens with one attached hydrogen (secondary N) is 1. The third-order valence-electron chi connectivity index (χ3n) is 3.42. The van der Waals surface area contributed by atoms with Gasteiger partial charge in [-0.1, -0.05) is 6.07 Å². The number of likely N-dealkylation sites (tertiary alicyclic amines) is 1. The van der Waals surface area contributed by atoms with Crippen molar-refractivity contribution in [2.45, 2.75) is 26.3 Å². The van der Waals surface area contributed by atoms with Gasteiger partial charge in [-0.3, -0.25) is 0 Å². The van der Waals surface area contributed by atoms with E-state index in [1.54, 1.807) is 17.6 Å². The largest absolute Gasteiger partial charge is 0.443 e. The zero-order valence-corrected chi connectivity index (χ0v) is 13.0. The summed E-state index contributed by atoms with van der Waals surface area (Å²) in [5.74, 6) is 1.66. The van der Waals surface area contributed by atoms with Gasteiger partial charge in [0.15, 0.2) is 5.96 Å². The van der Waals surface area contributed by atoms with E-state index in [-0.39, 0.29) is 0 Å². The van der Waals surface area contributed by atoms with Crippen LogP contribution in [0.2, 0.25) is 0 Å². The minimum Gasteiger partial charge on any atom is -0.443 e. The van der Waals surface area contributed by atoms with Gasteiger partial charge in [0.1, 0.15) is 12.0 Å². The number of hydrogen-bond donors (Lipinski definition) is 1. The van der Waals surface area contributed by atoms with Crippen LogP contribution >= 0.6 is 11.3 Å². The second-order valence-corrected chi connectivity index (χ2v) is 5.93. The van der Waals surface area contributed by atoms with E-state index < -0.39 is 0 Å². The molecule has 5 nitrogen and oxygen atoms in total. The molecule has 1 aliphatic heterocycles. The van der Waals surface area contributed by atoms with Crippen molar-refractivity contribution in [2.75, 3.05) is 19.6 Å². The quantitative estimate of drug-likeness (QED) is 0.697. The van der Waals surface area contributed by atoms with Crippen molar-refractivity contribution in [3.8, 4) is 10.8 Å². The van der Waals surface area contributed by atoms with Crippen molar-refractivity contribution in [1.82, 2.24) is 15.2 Å². The monoisotopic (exact) mass is 304 g/mol. The van der Waals surface area contributed by atoms with Gasteiger partial charge in [0.05, 0.1) is 11.4 Å². The van der Waals surface area contributed by atoms with Gasteiger partial charge in [0.25, 0.3) is 0 Å². The first-order valence-corrected chi connectivity index (χ1v) is 8.26. The second kappa shape index (κ2) is 6.76. The maximum Gasteiger partial charge on any atom is 0.236 e. The predicted octanol–water partition coefficient (Wildman–Crippen LogP) is 2.96. The van der Waals surface area contributed by atoms with E-state index in [1.807, 2.05) is 17.5 Å². The molecular weight excluding hydrogens is 284 g/mol. The average molecular weight is 304 g/mol. The molecule has 0 unspecified atom stereocenters. The Kier molecular flexibility index (Phi) is 4.55. The van der Waals surface area contributed by atoms with Crippen molar-refractivity contribution < 1.29 is 4.42 Å². The molecule has 1 N–H and O–H groups in total. The minimum absolute atomic E-state index is 0.549. The lowest BCUT2D eigenvalue weighted by Crippen LogP contribution is -2.39. The van der Waals surface area contributed by atoms with Gasteiger partial charge in [-0.25, -0.2) is 9.98 Å². The lowest BCUT2D eigenvalue weighted by Gasteiger charge is -2.20. The zero-order valence-electron chi connectivity index (χ0n) is 12.2. The number of aliphatic imine (C=N–C) groups is 1. The first-order chi connectivity index (χ1) is 10.4. The van der Waals surface area contributed by atoms with Crippen LogP contribution < -0.4 is 5.32 Å². The van der Waals surface area contributed by atoms with Crippen molar-refractivity contribution in [2.24, 2.45) is 4.99 Å². The highest BCUT2D eigenvalue weighted by Crippen LogP contribution is 2.23. The molecule has 0 aromatic carbocycles. The van der Waals surface area contributed by atoms with Gasteiger partial charge >= 0.3 is 0 Å². The van der Waals surface area contributed by atoms with Crippen molar-refractivity contribution >= 4 is 17.3 Å². The number of guanidine groups is 1. The van der Waals surface area contributed by atoms with Crippen LogP contribution in [0.4, 0.5) is 0 Å². The summed E-state index contributed by atoms with van der Waals surface area (Å²) in [5.41, 5.74) is 0.869. The Hall–Kier alpha value is -1.82. The van der Waals surface area contributed by atoms with E-state index in [2.05, 4.69) is 27.1 Å². The summed E-state index contributed by atoms with van der Waals surface area (Å²) >= 11 is 1.63. The van der Waals surface area contributed by atoms with Crippen molar-refractivity contribution in [3.05, 3.63) is 29.5 Å². The molecule has 2 aromatic heterocycles. The fourth-order valence-corrected chi connectivity index (χ4v) is 3.06. The number of nitrogens with zero attached hydrogens (tertiary/aromatic N) is 3. The van der Waals surface area contributed by atoms with Crippen LogP contribution in [0.15, 0.2) is 33.2 Å². The summed E-state index contributed by atoms with van der Waals surface area (Å²) in [5, 5.41) is 5.37. The van der Waals surface area contributed by atoms with E-state index in [1.165, 1.54) is 12.8 Å². The summed E-state index contributed by atoms with van der Waals surface area (Å²) in [6.07, 6.45) is 4.19. The summed E-state index contributed by atoms with van der Waals surface area (Å²) < 4.78 is 5.52. The molecule has 1 saturated heterocycles. The van der Waals surface area contributed by atoms with E-state index in [0.29, 0.717) is 12.4 Å². The lowest BCUT2D eigenvalue weighted by molar-refractivity contribution is 0.493. The highest BCUT2D eigenvalue weighted by Gasteiger charge is 2.15. The SMILES string of the molecule is CCNC(=NCc1coc(-c2cccs2)n1)N1CCCC1. The molecule has 0 saturated carbocycles. The molecule has 3 heterocycles. The molecule has 2 aromatic rings. The molecule has 3 rings (SSSR count). The van der Waals surface area contributed by atoms with Gasteiger partial charge in [-0.2, -0.15) is 0 Å². The number of aromatic nitrogens is 1. The smallest absolute Gasteiger partial charge is 0.236 e. The average Bonchev–Trinajstić information content (AvgIpc) is 3.25. The maximum absolute atomic E-state index is 5.52. The standard InChI is InChI=1S/C15H20N4OS/c1-2-16-15(19-7-3-4-8-19)17-10-12-11-20-14(18-12)13-6-5-9-21-13/h5-6,9,11H,2-4,7-8,10H2,1H3,(H,16,17). The number of rotatable bonds is 4. The number of hydrogen-bond acceptors (Lipinski definition) is 4. The van der Waals surface area contributed by atoms with Crippen LogP contribution in [0.3, 0.4) is 0 Å². The topological polar surface area (TPSA) is 53.7 Å². The van der Waals surface area contributed by atoms with Gasteiger partial charge in [0.2, 0.25) is 5.89 Å². The van der Waals surface area contributed by atoms with Gasteiger partial charge in [-0.15, -0.1) is 11.3 Å². The van der Waals surface area contributed by atoms with Crippen LogP contribution in [0.5, 0.6) is 0 Å². The Morgan fingerprint density at radius 3 is 3.05 bits per heavy atom. The third-order valence-corrected chi connectivity index (χ3v) is 4.27. The van der Waals surface area contributed by atoms with Crippen LogP contribution in [0, 0.1) is 0 Å². The molecular formula is C15H20N4OS. The highest BCUT2D eigenvalue weighted by atomic mass is 32.1. The molecule has 0 amide bonds. The Morgan fingerprint density at radius 2 is 2.33 bits per heavy atom. The molecule has 21 heavy (non-hydrogen) atoms. The highest BCUT2D eigenvalue weighted by molar-refractivity contribution is 7.13. The Morgan fingerprint density at radius 1 is 1.48 bits per heavy atom. The molecule has 0 aliphatic carbocycles. The zero-order chi connectivity index (χ0) is 14.5. The van der Waals surface area contributed by atoms with E-state index in [4.69, 9.17) is 4.42 Å². The van der Waals surface area contributed by atoms with Crippen LogP contribution in [-0.4, -0.2) is 35.5 Å². The Bertz CT molecular complexity index is 585. The van der Waals surface area contributed by atoms with Gasteiger partial charge in [-0.05, 0) is 31.2 Å². The van der Waals surface area contributed by atoms with E-state index >= 15 is 0 Å². The Balaban J connectivity index is 1.68. The van der Waals surface area contributed by atoms with Crippen LogP contribution in [0.25, 0.3) is 10.8 Å². The van der Waals surface area contributed by atoms with Crippen LogP contribution in [-0.2, 0) is 6.54 Å². The van der Waals surface area contributed by atoms with Crippen molar-refractivity contribution in [1.29, 1.82) is 0 Å². The Labute approximate surface area is 128 Å². The molecule has 0 bridgehead atoms. The molecule has 112 valence electrons. The lowest BCUT2D eigenvalue weighted by atomic mass is 10.4. The fourth-order valence-electron chi connectivity index (χ4n) is 2.40. The third kappa shape index (κ3) is 3.44. The fraction of sp³-hybridized carbons (Fsp3) is 0.467. The summed E-state index contributed by atoms with van der Waals surface area (Å²) in [4.78, 5) is 12.5. The summed E-state index contributed by atoms with van der Waals surface area (Å²) in [6.45, 7) is 5.70. The summed E-state index contributed by atoms with van der Waals surface area (Å²) in [7, 11) is 0. The van der Waals surface area contributed by atoms with Crippen molar-refractivity contribution in [3.63, 3.8) is 0 Å². The second-order valence-electron chi connectivity index (χ2n) is 4.99. The van der Waals surface area contributed by atoms with E-state index in [9.17, 15) is 0 Å². The number of thiophene rings is 1. The first kappa shape index (κ1) is 14.1. The molecule has 0 radical (unpaired) electrons. The van der Waals surface area contributed by atoms with Gasteiger partial charge in [0, 0.05) is 19.6 Å². The normalized spacial score (nSPS) is 15.7. The van der Waals surface area contributed by atoms with E-state index in [0.717, 1.165) is 36.2 Å². The molecule has 6 heteroatoms. The van der Waals surface area contributed by atoms with Crippen LogP contribution in [0.1, 0.15) is 25.5 Å². The summed E-state index contributed by atoms with van der Waals surface area (Å²) in [6, 6.07) is 4.01. The molecule has 0 atom stereocenters.